The first-order valence-electron chi connectivity index (χ1n) is 10.1. The zero-order valence-corrected chi connectivity index (χ0v) is 16.6. The monoisotopic (exact) mass is 397 g/mol. The van der Waals surface area contributed by atoms with E-state index in [2.05, 4.69) is 23.4 Å². The van der Waals surface area contributed by atoms with Crippen molar-refractivity contribution >= 4 is 17.4 Å². The molecule has 1 aromatic carbocycles. The third kappa shape index (κ3) is 2.95. The molecule has 2 aliphatic heterocycles. The number of carbonyl (C=O) groups is 2. The lowest BCUT2D eigenvalue weighted by atomic mass is 9.89. The van der Waals surface area contributed by atoms with Crippen LogP contribution in [0.3, 0.4) is 0 Å². The van der Waals surface area contributed by atoms with E-state index in [1.54, 1.807) is 6.07 Å². The van der Waals surface area contributed by atoms with Crippen molar-refractivity contribution in [2.75, 3.05) is 18.5 Å². The third-order valence-corrected chi connectivity index (χ3v) is 6.56. The molecule has 0 radical (unpaired) electrons. The highest BCUT2D eigenvalue weighted by Crippen LogP contribution is 2.41. The van der Waals surface area contributed by atoms with E-state index in [4.69, 9.17) is 0 Å². The van der Waals surface area contributed by atoms with Crippen LogP contribution >= 0.6 is 0 Å². The Bertz CT molecular complexity index is 999. The minimum atomic E-state index is -1.14. The van der Waals surface area contributed by atoms with Gasteiger partial charge in [-0.15, -0.1) is 0 Å². The van der Waals surface area contributed by atoms with Gasteiger partial charge in [0.1, 0.15) is 11.7 Å². The van der Waals surface area contributed by atoms with Crippen LogP contribution in [0, 0.1) is 11.7 Å². The second-order valence-corrected chi connectivity index (χ2v) is 8.62. The van der Waals surface area contributed by atoms with E-state index in [-0.39, 0.29) is 18.2 Å². The fourth-order valence-corrected chi connectivity index (χ4v) is 4.55. The highest BCUT2D eigenvalue weighted by Gasteiger charge is 2.42. The first kappa shape index (κ1) is 18.4. The van der Waals surface area contributed by atoms with E-state index in [0.717, 1.165) is 37.2 Å². The normalized spacial score (nSPS) is 24.4. The molecule has 6 nitrogen and oxygen atoms in total. The summed E-state index contributed by atoms with van der Waals surface area (Å²) in [5, 5.41) is 9.44. The Morgan fingerprint density at radius 3 is 2.62 bits per heavy atom. The molecule has 2 atom stereocenters. The smallest absolute Gasteiger partial charge is 0.316 e. The molecule has 1 fully saturated rings. The molecule has 1 N–H and O–H groups in total. The van der Waals surface area contributed by atoms with Crippen LogP contribution in [0.25, 0.3) is 11.1 Å². The Kier molecular flexibility index (Phi) is 4.07. The van der Waals surface area contributed by atoms with Crippen molar-refractivity contribution in [2.45, 2.75) is 44.9 Å². The van der Waals surface area contributed by atoms with E-state index < -0.39 is 23.5 Å². The number of halogens is 1. The Morgan fingerprint density at radius 2 is 1.93 bits per heavy atom. The van der Waals surface area contributed by atoms with Crippen LogP contribution in [0.1, 0.15) is 35.8 Å². The molecule has 3 heterocycles. The first-order chi connectivity index (χ1) is 13.8. The lowest BCUT2D eigenvalue weighted by Crippen LogP contribution is -2.44. The molecule has 1 saturated carbocycles. The molecule has 1 aliphatic carbocycles. The quantitative estimate of drug-likeness (QED) is 0.807. The SMILES string of the molecule is C[C@H]1Cn2cc(-c3cc4c(cc3F)C(=O)C(C(=O)O)CN4C3CC3)cc2CN1C. The number of carboxylic acids is 1. The highest BCUT2D eigenvalue weighted by atomic mass is 19.1. The molecular weight excluding hydrogens is 373 g/mol. The number of hydrogen-bond donors (Lipinski definition) is 1. The van der Waals surface area contributed by atoms with E-state index >= 15 is 4.39 Å². The largest absolute Gasteiger partial charge is 0.481 e. The maximum atomic E-state index is 15.1. The molecule has 0 bridgehead atoms. The van der Waals surface area contributed by atoms with Crippen molar-refractivity contribution in [3.05, 3.63) is 41.5 Å². The summed E-state index contributed by atoms with van der Waals surface area (Å²) in [6.45, 7) is 3.98. The molecule has 5 rings (SSSR count). The Balaban J connectivity index is 1.59. The van der Waals surface area contributed by atoms with Crippen LogP contribution in [-0.2, 0) is 17.9 Å². The van der Waals surface area contributed by atoms with Gasteiger partial charge in [-0.1, -0.05) is 0 Å². The third-order valence-electron chi connectivity index (χ3n) is 6.56. The van der Waals surface area contributed by atoms with Gasteiger partial charge >= 0.3 is 5.97 Å². The molecule has 152 valence electrons. The summed E-state index contributed by atoms with van der Waals surface area (Å²) in [5.74, 6) is -3.26. The fraction of sp³-hybridized carbons (Fsp3) is 0.455. The Morgan fingerprint density at radius 1 is 1.17 bits per heavy atom. The topological polar surface area (TPSA) is 65.8 Å². The van der Waals surface area contributed by atoms with E-state index in [1.807, 2.05) is 17.2 Å². The molecular formula is C22H24FN3O3. The summed E-state index contributed by atoms with van der Waals surface area (Å²) in [4.78, 5) is 28.5. The number of hydrogen-bond acceptors (Lipinski definition) is 4. The van der Waals surface area contributed by atoms with Crippen molar-refractivity contribution in [1.82, 2.24) is 9.47 Å². The predicted octanol–water partition coefficient (Wildman–Crippen LogP) is 2.99. The summed E-state index contributed by atoms with van der Waals surface area (Å²) in [6, 6.07) is 5.64. The predicted molar refractivity (Wildman–Crippen MR) is 107 cm³/mol. The molecule has 1 aromatic heterocycles. The van der Waals surface area contributed by atoms with Gasteiger partial charge in [0.05, 0.1) is 0 Å². The van der Waals surface area contributed by atoms with E-state index in [9.17, 15) is 14.7 Å². The minimum Gasteiger partial charge on any atom is -0.481 e. The van der Waals surface area contributed by atoms with Crippen molar-refractivity contribution in [3.8, 4) is 11.1 Å². The number of likely N-dealkylation sites (N-methyl/N-ethyl adjacent to an activating group) is 1. The summed E-state index contributed by atoms with van der Waals surface area (Å²) >= 11 is 0. The van der Waals surface area contributed by atoms with Gasteiger partial charge in [0, 0.05) is 66.0 Å². The summed E-state index contributed by atoms with van der Waals surface area (Å²) in [7, 11) is 2.08. The standard InChI is InChI=1S/C22H24FN3O3/c1-12-8-25-9-13(5-15(25)10-24(12)2)16-7-20-17(6-19(16)23)21(27)18(22(28)29)11-26(20)14-3-4-14/h5-7,9,12,14,18H,3-4,8,10-11H2,1-2H3,(H,28,29)/t12-,18?/m0/s1. The molecule has 0 saturated heterocycles. The number of ketones is 1. The zero-order chi connectivity index (χ0) is 20.4. The van der Waals surface area contributed by atoms with Gasteiger partial charge in [0.15, 0.2) is 5.78 Å². The number of nitrogens with zero attached hydrogens (tertiary/aromatic N) is 3. The van der Waals surface area contributed by atoms with Gasteiger partial charge in [-0.3, -0.25) is 14.5 Å². The zero-order valence-electron chi connectivity index (χ0n) is 16.6. The Labute approximate surface area is 168 Å². The number of carbonyl (C=O) groups excluding carboxylic acids is 1. The van der Waals surface area contributed by atoms with Crippen molar-refractivity contribution in [1.29, 1.82) is 0 Å². The van der Waals surface area contributed by atoms with Crippen LogP contribution in [0.4, 0.5) is 10.1 Å². The van der Waals surface area contributed by atoms with Crippen molar-refractivity contribution < 1.29 is 19.1 Å². The van der Waals surface area contributed by atoms with Crippen LogP contribution in [-0.4, -0.2) is 52.0 Å². The number of carboxylic acid groups (broad SMARTS) is 1. The van der Waals surface area contributed by atoms with Crippen LogP contribution in [0.2, 0.25) is 0 Å². The number of aliphatic carboxylic acids is 1. The second-order valence-electron chi connectivity index (χ2n) is 8.62. The lowest BCUT2D eigenvalue weighted by molar-refractivity contribution is -0.139. The number of fused-ring (bicyclic) bond motifs is 2. The van der Waals surface area contributed by atoms with Crippen molar-refractivity contribution in [2.24, 2.45) is 5.92 Å². The first-order valence-corrected chi connectivity index (χ1v) is 10.1. The molecule has 1 unspecified atom stereocenters. The number of anilines is 1. The summed E-state index contributed by atoms with van der Waals surface area (Å²) < 4.78 is 17.3. The van der Waals surface area contributed by atoms with Gasteiger partial charge < -0.3 is 14.6 Å². The van der Waals surface area contributed by atoms with Gasteiger partial charge in [0.2, 0.25) is 0 Å². The maximum absolute atomic E-state index is 15.1. The maximum Gasteiger partial charge on any atom is 0.316 e. The molecule has 7 heteroatoms. The van der Waals surface area contributed by atoms with Gasteiger partial charge in [-0.2, -0.15) is 0 Å². The molecule has 3 aliphatic rings. The van der Waals surface area contributed by atoms with Crippen molar-refractivity contribution in [3.63, 3.8) is 0 Å². The number of rotatable bonds is 3. The van der Waals surface area contributed by atoms with Gasteiger partial charge in [-0.25, -0.2) is 4.39 Å². The van der Waals surface area contributed by atoms with Gasteiger partial charge in [-0.05, 0) is 45.0 Å². The van der Waals surface area contributed by atoms with Gasteiger partial charge in [0.25, 0.3) is 0 Å². The van der Waals surface area contributed by atoms with E-state index in [0.29, 0.717) is 17.3 Å². The average molecular weight is 397 g/mol. The average Bonchev–Trinajstić information content (AvgIpc) is 3.43. The second kappa shape index (κ2) is 6.42. The number of aromatic nitrogens is 1. The van der Waals surface area contributed by atoms with E-state index in [1.165, 1.54) is 6.07 Å². The molecule has 2 aromatic rings. The lowest BCUT2D eigenvalue weighted by Gasteiger charge is -2.34. The summed E-state index contributed by atoms with van der Waals surface area (Å²) in [5.41, 5.74) is 3.26. The molecule has 0 spiro atoms. The number of Topliss-reactive ketones (excluding diaryl/α,β-unsaturated/α-hetero) is 1. The van der Waals surface area contributed by atoms with Crippen LogP contribution in [0.5, 0.6) is 0 Å². The highest BCUT2D eigenvalue weighted by molar-refractivity contribution is 6.13. The molecule has 29 heavy (non-hydrogen) atoms. The summed E-state index contributed by atoms with van der Waals surface area (Å²) in [6.07, 6.45) is 3.92. The fourth-order valence-electron chi connectivity index (χ4n) is 4.55. The Hall–Kier alpha value is -2.67. The van der Waals surface area contributed by atoms with Crippen LogP contribution < -0.4 is 4.90 Å². The number of benzene rings is 1. The minimum absolute atomic E-state index is 0.158. The van der Waals surface area contributed by atoms with Crippen LogP contribution in [0.15, 0.2) is 24.4 Å². The molecule has 0 amide bonds.